The third-order valence-electron chi connectivity index (χ3n) is 8.28. The van der Waals surface area contributed by atoms with E-state index >= 15 is 0 Å². The maximum atomic E-state index is 6.93. The molecule has 0 radical (unpaired) electrons. The molecule has 2 N–H and O–H groups in total. The van der Waals surface area contributed by atoms with Crippen LogP contribution in [0.5, 0.6) is 0 Å². The third kappa shape index (κ3) is 3.93. The van der Waals surface area contributed by atoms with Crippen LogP contribution in [0.3, 0.4) is 0 Å². The van der Waals surface area contributed by atoms with Crippen LogP contribution < -0.4 is 5.73 Å². The summed E-state index contributed by atoms with van der Waals surface area (Å²) in [6, 6.07) is 9.21. The van der Waals surface area contributed by atoms with Gasteiger partial charge in [-0.2, -0.15) is 0 Å². The van der Waals surface area contributed by atoms with E-state index in [1.807, 2.05) is 0 Å². The molecule has 3 fully saturated rings. The monoisotopic (exact) mass is 408 g/mol. The Bertz CT molecular complexity index is 868. The maximum Gasteiger partial charge on any atom is 0.130 e. The number of aromatic nitrogens is 2. The van der Waals surface area contributed by atoms with E-state index in [2.05, 4.69) is 47.6 Å². The average Bonchev–Trinajstić information content (AvgIpc) is 3.33. The average molecular weight is 409 g/mol. The van der Waals surface area contributed by atoms with Gasteiger partial charge < -0.3 is 15.2 Å². The van der Waals surface area contributed by atoms with Gasteiger partial charge >= 0.3 is 0 Å². The number of rotatable bonds is 4. The van der Waals surface area contributed by atoms with Crippen molar-refractivity contribution in [3.05, 3.63) is 30.1 Å². The second-order valence-corrected chi connectivity index (χ2v) is 11.3. The van der Waals surface area contributed by atoms with E-state index in [-0.39, 0.29) is 5.54 Å². The van der Waals surface area contributed by atoms with Gasteiger partial charge in [-0.05, 0) is 68.4 Å². The zero-order chi connectivity index (χ0) is 20.8. The number of piperidine rings is 1. The lowest BCUT2D eigenvalue weighted by Crippen LogP contribution is -2.41. The number of nitrogens with two attached hydrogens (primary N) is 1. The Kier molecular flexibility index (Phi) is 5.43. The Morgan fingerprint density at radius 2 is 1.73 bits per heavy atom. The van der Waals surface area contributed by atoms with Crippen LogP contribution in [0.1, 0.15) is 89.9 Å². The first kappa shape index (κ1) is 20.5. The van der Waals surface area contributed by atoms with Gasteiger partial charge in [0, 0.05) is 25.7 Å². The number of hydrogen-bond acceptors (Lipinski definition) is 3. The fourth-order valence-electron chi connectivity index (χ4n) is 6.73. The standard InChI is InChI=1S/C26H40N4/c1-25(2)13-7-8-20(18-25)19-29-16-11-21(12-17-29)30-23-10-4-3-9-22(23)28-24(30)26(27)14-5-6-15-26/h3-4,9-10,20-21H,5-8,11-19,27H2,1-2H3. The van der Waals surface area contributed by atoms with Gasteiger partial charge in [0.15, 0.2) is 0 Å². The van der Waals surface area contributed by atoms with Gasteiger partial charge in [-0.3, -0.25) is 0 Å². The van der Waals surface area contributed by atoms with Crippen molar-refractivity contribution in [2.45, 2.75) is 89.6 Å². The van der Waals surface area contributed by atoms with Gasteiger partial charge in [-0.1, -0.05) is 45.2 Å². The molecule has 2 aromatic rings. The molecule has 0 bridgehead atoms. The van der Waals surface area contributed by atoms with Crippen molar-refractivity contribution in [3.8, 4) is 0 Å². The number of likely N-dealkylation sites (tertiary alicyclic amines) is 1. The number of hydrogen-bond donors (Lipinski definition) is 1. The van der Waals surface area contributed by atoms with Crippen molar-refractivity contribution < 1.29 is 0 Å². The first-order valence-corrected chi connectivity index (χ1v) is 12.4. The minimum Gasteiger partial charge on any atom is -0.323 e. The highest BCUT2D eigenvalue weighted by molar-refractivity contribution is 5.76. The first-order chi connectivity index (χ1) is 14.4. The van der Waals surface area contributed by atoms with E-state index < -0.39 is 0 Å². The second kappa shape index (κ2) is 7.94. The van der Waals surface area contributed by atoms with Crippen LogP contribution in [0, 0.1) is 11.3 Å². The lowest BCUT2D eigenvalue weighted by Gasteiger charge is -2.40. The van der Waals surface area contributed by atoms with Crippen LogP contribution in [0.15, 0.2) is 24.3 Å². The SMILES string of the molecule is CC1(C)CCCC(CN2CCC(n3c(C4(N)CCCC4)nc4ccccc43)CC2)C1. The smallest absolute Gasteiger partial charge is 0.130 e. The van der Waals surface area contributed by atoms with Gasteiger partial charge in [0.1, 0.15) is 5.82 Å². The fourth-order valence-corrected chi connectivity index (χ4v) is 6.73. The molecule has 1 aliphatic heterocycles. The van der Waals surface area contributed by atoms with Crippen molar-refractivity contribution in [2.24, 2.45) is 17.1 Å². The molecule has 30 heavy (non-hydrogen) atoms. The molecule has 0 amide bonds. The van der Waals surface area contributed by atoms with Gasteiger partial charge in [0.25, 0.3) is 0 Å². The topological polar surface area (TPSA) is 47.1 Å². The van der Waals surface area contributed by atoms with E-state index in [1.54, 1.807) is 0 Å². The van der Waals surface area contributed by atoms with Gasteiger partial charge in [-0.15, -0.1) is 0 Å². The Morgan fingerprint density at radius 1 is 1.00 bits per heavy atom. The zero-order valence-electron chi connectivity index (χ0n) is 19.1. The molecule has 1 unspecified atom stereocenters. The Hall–Kier alpha value is -1.39. The van der Waals surface area contributed by atoms with Gasteiger partial charge in [0.05, 0.1) is 16.6 Å². The Morgan fingerprint density at radius 3 is 2.47 bits per heavy atom. The van der Waals surface area contributed by atoms with E-state index in [0.29, 0.717) is 11.5 Å². The lowest BCUT2D eigenvalue weighted by atomic mass is 9.72. The summed E-state index contributed by atoms with van der Waals surface area (Å²) in [6.45, 7) is 8.65. The number of nitrogens with zero attached hydrogens (tertiary/aromatic N) is 3. The van der Waals surface area contributed by atoms with Gasteiger partial charge in [0.2, 0.25) is 0 Å². The Labute approximate surface area is 182 Å². The Balaban J connectivity index is 1.32. The summed E-state index contributed by atoms with van der Waals surface area (Å²) in [6.07, 6.45) is 12.7. The van der Waals surface area contributed by atoms with Crippen LogP contribution >= 0.6 is 0 Å². The highest BCUT2D eigenvalue weighted by atomic mass is 15.2. The molecule has 1 saturated heterocycles. The molecule has 1 atom stereocenters. The summed E-state index contributed by atoms with van der Waals surface area (Å²) in [5.74, 6) is 2.05. The molecule has 0 spiro atoms. The predicted octanol–water partition coefficient (Wildman–Crippen LogP) is 5.62. The summed E-state index contributed by atoms with van der Waals surface area (Å²) in [4.78, 5) is 7.84. The highest BCUT2D eigenvalue weighted by Crippen LogP contribution is 2.41. The van der Waals surface area contributed by atoms with E-state index in [0.717, 1.165) is 30.1 Å². The normalized spacial score (nSPS) is 27.6. The molecule has 2 saturated carbocycles. The summed E-state index contributed by atoms with van der Waals surface area (Å²) in [7, 11) is 0. The molecular weight excluding hydrogens is 368 g/mol. The first-order valence-electron chi connectivity index (χ1n) is 12.4. The number of fused-ring (bicyclic) bond motifs is 1. The van der Waals surface area contributed by atoms with Crippen LogP contribution in [0.25, 0.3) is 11.0 Å². The third-order valence-corrected chi connectivity index (χ3v) is 8.28. The maximum absolute atomic E-state index is 6.93. The number of benzene rings is 1. The largest absolute Gasteiger partial charge is 0.323 e. The van der Waals surface area contributed by atoms with Crippen LogP contribution in [0.4, 0.5) is 0 Å². The molecule has 4 heteroatoms. The van der Waals surface area contributed by atoms with Crippen molar-refractivity contribution in [2.75, 3.05) is 19.6 Å². The van der Waals surface area contributed by atoms with Crippen molar-refractivity contribution in [1.29, 1.82) is 0 Å². The van der Waals surface area contributed by atoms with Gasteiger partial charge in [-0.25, -0.2) is 4.98 Å². The lowest BCUT2D eigenvalue weighted by molar-refractivity contribution is 0.109. The van der Waals surface area contributed by atoms with E-state index in [1.165, 1.54) is 76.5 Å². The molecule has 2 aliphatic carbocycles. The quantitative estimate of drug-likeness (QED) is 0.714. The van der Waals surface area contributed by atoms with Crippen molar-refractivity contribution in [1.82, 2.24) is 14.5 Å². The molecule has 2 heterocycles. The molecule has 1 aromatic carbocycles. The molecule has 164 valence electrons. The molecule has 1 aromatic heterocycles. The summed E-state index contributed by atoms with van der Waals surface area (Å²) in [5.41, 5.74) is 9.66. The summed E-state index contributed by atoms with van der Waals surface area (Å²) < 4.78 is 2.56. The van der Waals surface area contributed by atoms with Crippen molar-refractivity contribution in [3.63, 3.8) is 0 Å². The summed E-state index contributed by atoms with van der Waals surface area (Å²) in [5, 5.41) is 0. The predicted molar refractivity (Wildman–Crippen MR) is 125 cm³/mol. The van der Waals surface area contributed by atoms with E-state index in [4.69, 9.17) is 10.7 Å². The van der Waals surface area contributed by atoms with Crippen LogP contribution in [-0.4, -0.2) is 34.1 Å². The molecular formula is C26H40N4. The fraction of sp³-hybridized carbons (Fsp3) is 0.731. The van der Waals surface area contributed by atoms with Crippen molar-refractivity contribution >= 4 is 11.0 Å². The van der Waals surface area contributed by atoms with E-state index in [9.17, 15) is 0 Å². The second-order valence-electron chi connectivity index (χ2n) is 11.3. The van der Waals surface area contributed by atoms with Crippen LogP contribution in [-0.2, 0) is 5.54 Å². The highest BCUT2D eigenvalue weighted by Gasteiger charge is 2.38. The molecule has 3 aliphatic rings. The summed E-state index contributed by atoms with van der Waals surface area (Å²) >= 11 is 0. The minimum atomic E-state index is -0.232. The number of para-hydroxylation sites is 2. The molecule has 4 nitrogen and oxygen atoms in total. The number of imidazole rings is 1. The van der Waals surface area contributed by atoms with Crippen LogP contribution in [0.2, 0.25) is 0 Å². The molecule has 5 rings (SSSR count). The zero-order valence-corrected chi connectivity index (χ0v) is 19.1. The minimum absolute atomic E-state index is 0.232.